The molecule has 3 aromatic rings. The Bertz CT molecular complexity index is 755. The van der Waals surface area contributed by atoms with Gasteiger partial charge in [-0.1, -0.05) is 41.7 Å². The van der Waals surface area contributed by atoms with Gasteiger partial charge in [-0.2, -0.15) is 5.10 Å². The molecule has 7 nitrogen and oxygen atoms in total. The molecule has 1 N–H and O–H groups in total. The largest absolute Gasteiger partial charge is 0.323 e. The quantitative estimate of drug-likeness (QED) is 0.780. The van der Waals surface area contributed by atoms with E-state index in [1.54, 1.807) is 23.7 Å². The number of carbonyl (C=O) groups excluding carboxylic acids is 1. The number of rotatable bonds is 5. The Morgan fingerprint density at radius 3 is 2.87 bits per heavy atom. The Labute approximate surface area is 137 Å². The molecule has 3 rings (SSSR count). The fourth-order valence-electron chi connectivity index (χ4n) is 2.11. The topological polar surface area (TPSA) is 75.9 Å². The lowest BCUT2D eigenvalue weighted by molar-refractivity contribution is 0.220. The van der Waals surface area contributed by atoms with Gasteiger partial charge >= 0.3 is 6.03 Å². The van der Waals surface area contributed by atoms with E-state index in [4.69, 9.17) is 0 Å². The van der Waals surface area contributed by atoms with E-state index in [9.17, 15) is 4.79 Å². The molecule has 8 heteroatoms. The van der Waals surface area contributed by atoms with E-state index in [2.05, 4.69) is 32.7 Å². The SMILES string of the molecule is CN(Cc1cnn(Cc2ccccc2)c1)C(=O)Nc1nncs1. The molecule has 2 aromatic heterocycles. The summed E-state index contributed by atoms with van der Waals surface area (Å²) in [6.45, 7) is 1.18. The van der Waals surface area contributed by atoms with E-state index in [-0.39, 0.29) is 6.03 Å². The molecule has 2 amide bonds. The van der Waals surface area contributed by atoms with Crippen LogP contribution >= 0.6 is 11.3 Å². The van der Waals surface area contributed by atoms with Gasteiger partial charge in [0.2, 0.25) is 5.13 Å². The van der Waals surface area contributed by atoms with Crippen LogP contribution < -0.4 is 5.32 Å². The number of hydrogen-bond acceptors (Lipinski definition) is 5. The molecule has 0 spiro atoms. The average molecular weight is 328 g/mol. The van der Waals surface area contributed by atoms with Crippen LogP contribution in [0.4, 0.5) is 9.93 Å². The Hall–Kier alpha value is -2.74. The second-order valence-corrected chi connectivity index (χ2v) is 5.90. The number of carbonyl (C=O) groups is 1. The number of nitrogens with zero attached hydrogens (tertiary/aromatic N) is 5. The van der Waals surface area contributed by atoms with Crippen molar-refractivity contribution in [2.24, 2.45) is 0 Å². The van der Waals surface area contributed by atoms with Crippen molar-refractivity contribution in [2.45, 2.75) is 13.1 Å². The van der Waals surface area contributed by atoms with Crippen LogP contribution in [0.3, 0.4) is 0 Å². The second kappa shape index (κ2) is 7.01. The third-order valence-corrected chi connectivity index (χ3v) is 3.82. The van der Waals surface area contributed by atoms with Crippen molar-refractivity contribution < 1.29 is 4.79 Å². The maximum atomic E-state index is 12.0. The smallest absolute Gasteiger partial charge is 0.323 e. The molecule has 0 bridgehead atoms. The van der Waals surface area contributed by atoms with E-state index < -0.39 is 0 Å². The van der Waals surface area contributed by atoms with Crippen molar-refractivity contribution in [3.05, 3.63) is 59.4 Å². The van der Waals surface area contributed by atoms with Gasteiger partial charge in [0.15, 0.2) is 0 Å². The minimum absolute atomic E-state index is 0.224. The van der Waals surface area contributed by atoms with E-state index in [1.807, 2.05) is 29.1 Å². The highest BCUT2D eigenvalue weighted by atomic mass is 32.1. The van der Waals surface area contributed by atoms with Crippen LogP contribution in [0.25, 0.3) is 0 Å². The van der Waals surface area contributed by atoms with Gasteiger partial charge < -0.3 is 4.90 Å². The molecule has 0 aliphatic heterocycles. The van der Waals surface area contributed by atoms with Gasteiger partial charge in [-0.15, -0.1) is 10.2 Å². The summed E-state index contributed by atoms with van der Waals surface area (Å²) in [5.74, 6) is 0. The molecule has 0 aliphatic rings. The molecule has 0 saturated heterocycles. The van der Waals surface area contributed by atoms with E-state index >= 15 is 0 Å². The predicted octanol–water partition coefficient (Wildman–Crippen LogP) is 2.45. The van der Waals surface area contributed by atoms with Crippen LogP contribution in [-0.4, -0.2) is 38.0 Å². The zero-order chi connectivity index (χ0) is 16.1. The van der Waals surface area contributed by atoms with Gasteiger partial charge in [0, 0.05) is 18.8 Å². The lowest BCUT2D eigenvalue weighted by Gasteiger charge is -2.15. The number of amides is 2. The van der Waals surface area contributed by atoms with Crippen LogP contribution in [0.1, 0.15) is 11.1 Å². The third kappa shape index (κ3) is 4.13. The highest BCUT2D eigenvalue weighted by Crippen LogP contribution is 2.10. The molecular weight excluding hydrogens is 312 g/mol. The lowest BCUT2D eigenvalue weighted by atomic mass is 10.2. The molecule has 0 atom stereocenters. The monoisotopic (exact) mass is 328 g/mol. The third-order valence-electron chi connectivity index (χ3n) is 3.21. The van der Waals surface area contributed by atoms with Crippen molar-refractivity contribution >= 4 is 22.5 Å². The maximum absolute atomic E-state index is 12.0. The lowest BCUT2D eigenvalue weighted by Crippen LogP contribution is -2.30. The van der Waals surface area contributed by atoms with Gasteiger partial charge in [0.1, 0.15) is 5.51 Å². The first-order valence-corrected chi connectivity index (χ1v) is 7.92. The molecule has 0 saturated carbocycles. The fraction of sp³-hybridized carbons (Fsp3) is 0.200. The normalized spacial score (nSPS) is 10.5. The zero-order valence-electron chi connectivity index (χ0n) is 12.6. The molecule has 0 fully saturated rings. The van der Waals surface area contributed by atoms with Gasteiger partial charge in [0.05, 0.1) is 19.3 Å². The van der Waals surface area contributed by atoms with Gasteiger partial charge in [-0.25, -0.2) is 4.79 Å². The Kier molecular flexibility index (Phi) is 4.62. The van der Waals surface area contributed by atoms with Gasteiger partial charge in [-0.3, -0.25) is 10.00 Å². The number of aromatic nitrogens is 4. The van der Waals surface area contributed by atoms with Crippen LogP contribution in [0, 0.1) is 0 Å². The first-order valence-electron chi connectivity index (χ1n) is 7.04. The summed E-state index contributed by atoms with van der Waals surface area (Å²) in [4.78, 5) is 13.6. The Morgan fingerprint density at radius 1 is 1.30 bits per heavy atom. The van der Waals surface area contributed by atoms with E-state index in [1.165, 1.54) is 16.9 Å². The number of nitrogens with one attached hydrogen (secondary N) is 1. The second-order valence-electron chi connectivity index (χ2n) is 5.06. The maximum Gasteiger partial charge on any atom is 0.323 e. The molecule has 0 radical (unpaired) electrons. The minimum atomic E-state index is -0.224. The first kappa shape index (κ1) is 15.2. The van der Waals surface area contributed by atoms with E-state index in [0.717, 1.165) is 5.56 Å². The van der Waals surface area contributed by atoms with Crippen molar-refractivity contribution in [1.29, 1.82) is 0 Å². The molecular formula is C15H16N6OS. The summed E-state index contributed by atoms with van der Waals surface area (Å²) >= 11 is 1.28. The van der Waals surface area contributed by atoms with Gasteiger partial charge in [0.25, 0.3) is 0 Å². The molecule has 0 aliphatic carbocycles. The highest BCUT2D eigenvalue weighted by molar-refractivity contribution is 7.13. The van der Waals surface area contributed by atoms with Gasteiger partial charge in [-0.05, 0) is 5.56 Å². The molecule has 0 unspecified atom stereocenters. The summed E-state index contributed by atoms with van der Waals surface area (Å²) in [6, 6.07) is 9.89. The van der Waals surface area contributed by atoms with Crippen molar-refractivity contribution in [3.63, 3.8) is 0 Å². The first-order chi connectivity index (χ1) is 11.2. The summed E-state index contributed by atoms with van der Waals surface area (Å²) in [6.07, 6.45) is 3.72. The summed E-state index contributed by atoms with van der Waals surface area (Å²) in [5, 5.41) is 15.0. The van der Waals surface area contributed by atoms with Crippen LogP contribution in [0.2, 0.25) is 0 Å². The molecule has 1 aromatic carbocycles. The number of anilines is 1. The molecule has 23 heavy (non-hydrogen) atoms. The van der Waals surface area contributed by atoms with Crippen LogP contribution in [0.5, 0.6) is 0 Å². The summed E-state index contributed by atoms with van der Waals surface area (Å²) in [7, 11) is 1.73. The predicted molar refractivity (Wildman–Crippen MR) is 88.2 cm³/mol. The Morgan fingerprint density at radius 2 is 2.13 bits per heavy atom. The zero-order valence-corrected chi connectivity index (χ0v) is 13.4. The molecule has 2 heterocycles. The van der Waals surface area contributed by atoms with Crippen LogP contribution in [-0.2, 0) is 13.1 Å². The standard InChI is InChI=1S/C15H16N6OS/c1-20(15(22)18-14-19-16-11-23-14)8-13-7-17-21(10-13)9-12-5-3-2-4-6-12/h2-7,10-11H,8-9H2,1H3,(H,18,19,22). The fourth-order valence-corrected chi connectivity index (χ4v) is 2.54. The van der Waals surface area contributed by atoms with Crippen molar-refractivity contribution in [2.75, 3.05) is 12.4 Å². The minimum Gasteiger partial charge on any atom is -0.323 e. The number of benzene rings is 1. The number of hydrogen-bond donors (Lipinski definition) is 1. The van der Waals surface area contributed by atoms with Crippen LogP contribution in [0.15, 0.2) is 48.2 Å². The Balaban J connectivity index is 1.56. The number of urea groups is 1. The summed E-state index contributed by atoms with van der Waals surface area (Å²) in [5.41, 5.74) is 3.73. The van der Waals surface area contributed by atoms with Crippen molar-refractivity contribution in [1.82, 2.24) is 24.9 Å². The average Bonchev–Trinajstić information content (AvgIpc) is 3.20. The molecule has 118 valence electrons. The highest BCUT2D eigenvalue weighted by Gasteiger charge is 2.12. The summed E-state index contributed by atoms with van der Waals surface area (Å²) < 4.78 is 1.86. The van der Waals surface area contributed by atoms with E-state index in [0.29, 0.717) is 18.2 Å². The van der Waals surface area contributed by atoms with Crippen molar-refractivity contribution in [3.8, 4) is 0 Å².